The summed E-state index contributed by atoms with van der Waals surface area (Å²) >= 11 is 6.21. The van der Waals surface area contributed by atoms with E-state index in [1.165, 1.54) is 13.2 Å². The highest BCUT2D eigenvalue weighted by Crippen LogP contribution is 2.40. The van der Waals surface area contributed by atoms with Crippen molar-refractivity contribution >= 4 is 40.1 Å². The number of nitrogens with one attached hydrogen (secondary N) is 1. The van der Waals surface area contributed by atoms with Gasteiger partial charge < -0.3 is 29.0 Å². The number of aromatic nitrogens is 1. The number of nitrogens with zero attached hydrogens (tertiary/aromatic N) is 2. The predicted octanol–water partition coefficient (Wildman–Crippen LogP) is 5.08. The average Bonchev–Trinajstić information content (AvgIpc) is 2.96. The molecule has 0 saturated carbocycles. The van der Waals surface area contributed by atoms with E-state index in [0.717, 1.165) is 19.4 Å². The summed E-state index contributed by atoms with van der Waals surface area (Å²) in [6, 6.07) is 5.52. The zero-order valence-electron chi connectivity index (χ0n) is 23.6. The second kappa shape index (κ2) is 13.1. The number of anilines is 1. The molecule has 2 heterocycles. The van der Waals surface area contributed by atoms with Gasteiger partial charge in [-0.2, -0.15) is 13.2 Å². The van der Waals surface area contributed by atoms with Crippen molar-refractivity contribution in [2.24, 2.45) is 5.92 Å². The average molecular weight is 628 g/mol. The SMILES string of the molecule is CCOC(=O)C1CCN(c2c(F)cc3c(=O)c(C(=O)NCc4ccc(OC)cc4Cl)cn(CC(F)(F)F)c3c2OC)CC1. The van der Waals surface area contributed by atoms with Gasteiger partial charge >= 0.3 is 12.1 Å². The Balaban J connectivity index is 1.75. The quantitative estimate of drug-likeness (QED) is 0.261. The minimum absolute atomic E-state index is 0.140. The lowest BCUT2D eigenvalue weighted by Crippen LogP contribution is -2.38. The fourth-order valence-electron chi connectivity index (χ4n) is 5.12. The molecule has 1 saturated heterocycles. The molecule has 43 heavy (non-hydrogen) atoms. The van der Waals surface area contributed by atoms with E-state index in [0.29, 0.717) is 28.7 Å². The highest BCUT2D eigenvalue weighted by molar-refractivity contribution is 6.31. The summed E-state index contributed by atoms with van der Waals surface area (Å²) in [5.74, 6) is -2.47. The van der Waals surface area contributed by atoms with Crippen LogP contribution in [-0.4, -0.2) is 56.5 Å². The summed E-state index contributed by atoms with van der Waals surface area (Å²) in [4.78, 5) is 40.2. The van der Waals surface area contributed by atoms with E-state index in [-0.39, 0.29) is 54.2 Å². The summed E-state index contributed by atoms with van der Waals surface area (Å²) in [6.07, 6.45) is -3.32. The molecule has 1 amide bonds. The standard InChI is InChI=1S/C29H30ClF4N3O6/c1-4-43-28(40)16-7-9-36(10-8-16)24-22(31)12-19-23(26(24)42-3)37(15-29(32,33)34)14-20(25(19)38)27(39)35-13-17-5-6-18(41-2)11-21(17)30/h5-6,11-12,14,16H,4,7-10,13,15H2,1-3H3,(H,35,39). The first-order valence-corrected chi connectivity index (χ1v) is 13.8. The lowest BCUT2D eigenvalue weighted by Gasteiger charge is -2.34. The molecule has 1 aliphatic rings. The molecule has 1 N–H and O–H groups in total. The third-order valence-electron chi connectivity index (χ3n) is 7.17. The number of pyridine rings is 1. The number of hydrogen-bond donors (Lipinski definition) is 1. The van der Waals surface area contributed by atoms with Crippen LogP contribution in [0.3, 0.4) is 0 Å². The molecular weight excluding hydrogens is 598 g/mol. The predicted molar refractivity (Wildman–Crippen MR) is 152 cm³/mol. The number of hydrogen-bond acceptors (Lipinski definition) is 7. The van der Waals surface area contributed by atoms with Crippen LogP contribution in [0.5, 0.6) is 11.5 Å². The van der Waals surface area contributed by atoms with Gasteiger partial charge in [0.1, 0.15) is 23.5 Å². The molecule has 4 rings (SSSR count). The van der Waals surface area contributed by atoms with Crippen molar-refractivity contribution in [2.75, 3.05) is 38.8 Å². The maximum atomic E-state index is 15.7. The number of amides is 1. The first-order valence-electron chi connectivity index (χ1n) is 13.4. The Kier molecular flexibility index (Phi) is 9.73. The molecule has 0 unspecified atom stereocenters. The molecule has 0 atom stereocenters. The normalized spacial score (nSPS) is 14.1. The number of fused-ring (bicyclic) bond motifs is 1. The molecule has 0 bridgehead atoms. The molecule has 1 fully saturated rings. The largest absolute Gasteiger partial charge is 0.497 e. The maximum absolute atomic E-state index is 15.7. The Hall–Kier alpha value is -4.00. The van der Waals surface area contributed by atoms with Gasteiger partial charge in [0, 0.05) is 30.9 Å². The summed E-state index contributed by atoms with van der Waals surface area (Å²) < 4.78 is 73.1. The Bertz CT molecular complexity index is 1590. The van der Waals surface area contributed by atoms with Gasteiger partial charge in [0.2, 0.25) is 5.43 Å². The molecular formula is C29H30ClF4N3O6. The molecule has 9 nitrogen and oxygen atoms in total. The number of carbonyl (C=O) groups excluding carboxylic acids is 2. The van der Waals surface area contributed by atoms with E-state index < -0.39 is 46.7 Å². The van der Waals surface area contributed by atoms with Gasteiger partial charge in [0.15, 0.2) is 11.6 Å². The van der Waals surface area contributed by atoms with E-state index in [9.17, 15) is 27.6 Å². The van der Waals surface area contributed by atoms with Crippen molar-refractivity contribution in [3.63, 3.8) is 0 Å². The topological polar surface area (TPSA) is 99.1 Å². The van der Waals surface area contributed by atoms with Crippen LogP contribution < -0.4 is 25.1 Å². The molecule has 0 spiro atoms. The molecule has 3 aromatic rings. The smallest absolute Gasteiger partial charge is 0.406 e. The van der Waals surface area contributed by atoms with Crippen LogP contribution in [0.25, 0.3) is 10.9 Å². The Morgan fingerprint density at radius 3 is 2.40 bits per heavy atom. The third kappa shape index (κ3) is 6.98. The second-order valence-corrected chi connectivity index (χ2v) is 10.3. The minimum atomic E-state index is -4.76. The summed E-state index contributed by atoms with van der Waals surface area (Å²) in [7, 11) is 2.61. The zero-order valence-corrected chi connectivity index (χ0v) is 24.4. The van der Waals surface area contributed by atoms with Crippen LogP contribution >= 0.6 is 11.6 Å². The van der Waals surface area contributed by atoms with E-state index in [2.05, 4.69) is 5.32 Å². The summed E-state index contributed by atoms with van der Waals surface area (Å²) in [6.45, 7) is 0.574. The molecule has 1 aliphatic heterocycles. The number of esters is 1. The molecule has 2 aromatic carbocycles. The van der Waals surface area contributed by atoms with Crippen LogP contribution in [-0.2, 0) is 22.6 Å². The summed E-state index contributed by atoms with van der Waals surface area (Å²) in [5.41, 5.74) is -1.58. The van der Waals surface area contributed by atoms with Gasteiger partial charge in [-0.15, -0.1) is 0 Å². The van der Waals surface area contributed by atoms with Crippen molar-refractivity contribution in [2.45, 2.75) is 39.0 Å². The number of piperidine rings is 1. The lowest BCUT2D eigenvalue weighted by atomic mass is 9.96. The van der Waals surface area contributed by atoms with E-state index >= 15 is 4.39 Å². The van der Waals surface area contributed by atoms with E-state index in [4.69, 9.17) is 25.8 Å². The van der Waals surface area contributed by atoms with Crippen molar-refractivity contribution in [1.29, 1.82) is 0 Å². The van der Waals surface area contributed by atoms with Crippen LogP contribution in [0.2, 0.25) is 5.02 Å². The van der Waals surface area contributed by atoms with E-state index in [1.807, 2.05) is 0 Å². The van der Waals surface area contributed by atoms with Gasteiger partial charge in [-0.25, -0.2) is 4.39 Å². The molecule has 232 valence electrons. The van der Waals surface area contributed by atoms with Crippen molar-refractivity contribution in [3.05, 3.63) is 62.7 Å². The van der Waals surface area contributed by atoms with Gasteiger partial charge in [-0.3, -0.25) is 14.4 Å². The number of alkyl halides is 3. The summed E-state index contributed by atoms with van der Waals surface area (Å²) in [5, 5.41) is 2.29. The second-order valence-electron chi connectivity index (χ2n) is 9.90. The molecule has 0 radical (unpaired) electrons. The van der Waals surface area contributed by atoms with Crippen LogP contribution in [0.1, 0.15) is 35.7 Å². The van der Waals surface area contributed by atoms with Crippen molar-refractivity contribution < 1.29 is 41.4 Å². The highest BCUT2D eigenvalue weighted by atomic mass is 35.5. The Morgan fingerprint density at radius 2 is 1.81 bits per heavy atom. The maximum Gasteiger partial charge on any atom is 0.406 e. The van der Waals surface area contributed by atoms with Crippen LogP contribution in [0.4, 0.5) is 23.2 Å². The molecule has 14 heteroatoms. The lowest BCUT2D eigenvalue weighted by molar-refractivity contribution is -0.148. The van der Waals surface area contributed by atoms with Crippen LogP contribution in [0.15, 0.2) is 35.3 Å². The van der Waals surface area contributed by atoms with Crippen molar-refractivity contribution in [3.8, 4) is 11.5 Å². The fourth-order valence-corrected chi connectivity index (χ4v) is 5.36. The number of rotatable bonds is 9. The Morgan fingerprint density at radius 1 is 1.12 bits per heavy atom. The van der Waals surface area contributed by atoms with E-state index in [1.54, 1.807) is 24.0 Å². The van der Waals surface area contributed by atoms with Gasteiger partial charge in [-0.1, -0.05) is 17.7 Å². The zero-order chi connectivity index (χ0) is 31.5. The molecule has 1 aromatic heterocycles. The minimum Gasteiger partial charge on any atom is -0.497 e. The van der Waals surface area contributed by atoms with Gasteiger partial charge in [-0.05, 0) is 43.5 Å². The number of methoxy groups -OCH3 is 2. The first kappa shape index (κ1) is 31.9. The fraction of sp³-hybridized carbons (Fsp3) is 0.414. The third-order valence-corrected chi connectivity index (χ3v) is 7.52. The van der Waals surface area contributed by atoms with Crippen LogP contribution in [0, 0.1) is 11.7 Å². The first-order chi connectivity index (χ1) is 20.4. The monoisotopic (exact) mass is 627 g/mol. The number of ether oxygens (including phenoxy) is 3. The van der Waals surface area contributed by atoms with Gasteiger partial charge in [0.05, 0.1) is 37.6 Å². The Labute approximate surface area is 249 Å². The number of benzene rings is 2. The number of halogens is 5. The van der Waals surface area contributed by atoms with Gasteiger partial charge in [0.25, 0.3) is 5.91 Å². The number of carbonyl (C=O) groups is 2. The highest BCUT2D eigenvalue weighted by Gasteiger charge is 2.34. The van der Waals surface area contributed by atoms with Crippen molar-refractivity contribution in [1.82, 2.24) is 9.88 Å². The molecule has 0 aliphatic carbocycles.